The number of carbonyl (C=O) groups excluding carboxylic acids is 1. The first-order valence-corrected chi connectivity index (χ1v) is 9.50. The van der Waals surface area contributed by atoms with Crippen LogP contribution in [0.15, 0.2) is 24.3 Å². The summed E-state index contributed by atoms with van der Waals surface area (Å²) in [4.78, 5) is 14.7. The van der Waals surface area contributed by atoms with E-state index in [-0.39, 0.29) is 24.4 Å². The fourth-order valence-corrected chi connectivity index (χ4v) is 3.84. The summed E-state index contributed by atoms with van der Waals surface area (Å²) >= 11 is 0. The fraction of sp³-hybridized carbons (Fsp3) is 0.650. The number of likely N-dealkylation sites (tertiary alicyclic amines) is 1. The van der Waals surface area contributed by atoms with Gasteiger partial charge >= 0.3 is 0 Å². The molecule has 140 valence electrons. The van der Waals surface area contributed by atoms with Crippen molar-refractivity contribution in [2.24, 2.45) is 5.92 Å². The van der Waals surface area contributed by atoms with Crippen LogP contribution in [0.1, 0.15) is 36.8 Å². The molecule has 2 fully saturated rings. The first-order chi connectivity index (χ1) is 11.7. The van der Waals surface area contributed by atoms with Crippen LogP contribution in [0.3, 0.4) is 0 Å². The SMILES string of the molecule is Cc1ccc(CCN2CCCC(CNC(=O)C3CCCN3)C2)cc1.Cl. The lowest BCUT2D eigenvalue weighted by Gasteiger charge is -2.33. The summed E-state index contributed by atoms with van der Waals surface area (Å²) in [5, 5.41) is 6.44. The molecular weight excluding hydrogens is 334 g/mol. The van der Waals surface area contributed by atoms with Gasteiger partial charge in [0.1, 0.15) is 0 Å². The second kappa shape index (κ2) is 10.1. The molecule has 4 nitrogen and oxygen atoms in total. The molecule has 0 aromatic heterocycles. The van der Waals surface area contributed by atoms with Crippen LogP contribution in [-0.2, 0) is 11.2 Å². The summed E-state index contributed by atoms with van der Waals surface area (Å²) in [5.74, 6) is 0.798. The van der Waals surface area contributed by atoms with E-state index in [1.54, 1.807) is 0 Å². The molecule has 0 saturated carbocycles. The summed E-state index contributed by atoms with van der Waals surface area (Å²) in [5.41, 5.74) is 2.74. The lowest BCUT2D eigenvalue weighted by molar-refractivity contribution is -0.123. The van der Waals surface area contributed by atoms with E-state index >= 15 is 0 Å². The standard InChI is InChI=1S/C20H31N3O.ClH/c1-16-6-8-17(9-7-16)10-13-23-12-3-4-18(15-23)14-22-20(24)19-5-2-11-21-19;/h6-9,18-19,21H,2-5,10-15H2,1H3,(H,22,24);1H. The Hall–Kier alpha value is -1.10. The predicted molar refractivity (Wildman–Crippen MR) is 105 cm³/mol. The second-order valence-electron chi connectivity index (χ2n) is 7.44. The molecule has 5 heteroatoms. The van der Waals surface area contributed by atoms with E-state index in [0.29, 0.717) is 5.92 Å². The zero-order chi connectivity index (χ0) is 16.8. The van der Waals surface area contributed by atoms with Crippen molar-refractivity contribution in [3.8, 4) is 0 Å². The minimum atomic E-state index is 0. The van der Waals surface area contributed by atoms with E-state index in [9.17, 15) is 4.79 Å². The van der Waals surface area contributed by atoms with Gasteiger partial charge in [0.25, 0.3) is 0 Å². The molecule has 1 aromatic rings. The van der Waals surface area contributed by atoms with Crippen LogP contribution in [0, 0.1) is 12.8 Å². The number of carbonyl (C=O) groups is 1. The Morgan fingerprint density at radius 1 is 1.24 bits per heavy atom. The van der Waals surface area contributed by atoms with E-state index in [1.807, 2.05) is 0 Å². The number of hydrogen-bond acceptors (Lipinski definition) is 3. The molecule has 1 amide bonds. The molecule has 0 bridgehead atoms. The van der Waals surface area contributed by atoms with Gasteiger partial charge in [0, 0.05) is 19.6 Å². The minimum Gasteiger partial charge on any atom is -0.354 e. The fourth-order valence-electron chi connectivity index (χ4n) is 3.84. The van der Waals surface area contributed by atoms with Crippen molar-refractivity contribution < 1.29 is 4.79 Å². The van der Waals surface area contributed by atoms with Gasteiger partial charge in [-0.3, -0.25) is 4.79 Å². The Balaban J connectivity index is 0.00000225. The third-order valence-electron chi connectivity index (χ3n) is 5.38. The van der Waals surface area contributed by atoms with Crippen LogP contribution in [0.4, 0.5) is 0 Å². The minimum absolute atomic E-state index is 0. The number of rotatable bonds is 6. The third kappa shape index (κ3) is 6.28. The molecule has 2 heterocycles. The van der Waals surface area contributed by atoms with Gasteiger partial charge in [-0.2, -0.15) is 0 Å². The van der Waals surface area contributed by atoms with Crippen LogP contribution < -0.4 is 10.6 Å². The molecule has 1 aromatic carbocycles. The van der Waals surface area contributed by atoms with E-state index in [1.165, 1.54) is 30.5 Å². The van der Waals surface area contributed by atoms with E-state index in [4.69, 9.17) is 0 Å². The Morgan fingerprint density at radius 2 is 2.04 bits per heavy atom. The van der Waals surface area contributed by atoms with Gasteiger partial charge in [-0.05, 0) is 63.6 Å². The topological polar surface area (TPSA) is 44.4 Å². The number of halogens is 1. The first-order valence-electron chi connectivity index (χ1n) is 9.50. The Kier molecular flexibility index (Phi) is 8.20. The summed E-state index contributed by atoms with van der Waals surface area (Å²) in [6, 6.07) is 8.92. The van der Waals surface area contributed by atoms with E-state index in [2.05, 4.69) is 46.7 Å². The summed E-state index contributed by atoms with van der Waals surface area (Å²) in [6.45, 7) is 7.38. The van der Waals surface area contributed by atoms with E-state index in [0.717, 1.165) is 45.4 Å². The number of nitrogens with one attached hydrogen (secondary N) is 2. The van der Waals surface area contributed by atoms with Crippen LogP contribution in [-0.4, -0.2) is 49.6 Å². The number of aryl methyl sites for hydroxylation is 1. The van der Waals surface area contributed by atoms with Crippen LogP contribution in [0.5, 0.6) is 0 Å². The van der Waals surface area contributed by atoms with Crippen molar-refractivity contribution in [3.63, 3.8) is 0 Å². The predicted octanol–water partition coefficient (Wildman–Crippen LogP) is 2.54. The van der Waals surface area contributed by atoms with E-state index < -0.39 is 0 Å². The van der Waals surface area contributed by atoms with Crippen molar-refractivity contribution in [2.45, 2.75) is 45.1 Å². The van der Waals surface area contributed by atoms with Crippen molar-refractivity contribution in [2.75, 3.05) is 32.7 Å². The number of piperidine rings is 1. The highest BCUT2D eigenvalue weighted by molar-refractivity contribution is 5.85. The molecule has 2 aliphatic heterocycles. The number of benzene rings is 1. The summed E-state index contributed by atoms with van der Waals surface area (Å²) in [6.07, 6.45) is 5.70. The van der Waals surface area contributed by atoms with Gasteiger partial charge in [-0.1, -0.05) is 29.8 Å². The molecular formula is C20H32ClN3O. The van der Waals surface area contributed by atoms with Crippen molar-refractivity contribution in [1.29, 1.82) is 0 Å². The van der Waals surface area contributed by atoms with Gasteiger partial charge in [-0.15, -0.1) is 12.4 Å². The highest BCUT2D eigenvalue weighted by Gasteiger charge is 2.24. The van der Waals surface area contributed by atoms with Crippen LogP contribution in [0.2, 0.25) is 0 Å². The van der Waals surface area contributed by atoms with Gasteiger partial charge < -0.3 is 15.5 Å². The summed E-state index contributed by atoms with van der Waals surface area (Å²) < 4.78 is 0. The molecule has 2 N–H and O–H groups in total. The highest BCUT2D eigenvalue weighted by Crippen LogP contribution is 2.17. The maximum atomic E-state index is 12.1. The van der Waals surface area contributed by atoms with Crippen molar-refractivity contribution in [1.82, 2.24) is 15.5 Å². The molecule has 0 radical (unpaired) electrons. The zero-order valence-electron chi connectivity index (χ0n) is 15.3. The molecule has 25 heavy (non-hydrogen) atoms. The smallest absolute Gasteiger partial charge is 0.237 e. The van der Waals surface area contributed by atoms with Crippen LogP contribution in [0.25, 0.3) is 0 Å². The molecule has 2 unspecified atom stereocenters. The monoisotopic (exact) mass is 365 g/mol. The Morgan fingerprint density at radius 3 is 2.76 bits per heavy atom. The molecule has 2 atom stereocenters. The van der Waals surface area contributed by atoms with Gasteiger partial charge in [0.05, 0.1) is 6.04 Å². The lowest BCUT2D eigenvalue weighted by atomic mass is 9.97. The number of nitrogens with zero attached hydrogens (tertiary/aromatic N) is 1. The summed E-state index contributed by atoms with van der Waals surface area (Å²) in [7, 11) is 0. The molecule has 0 aliphatic carbocycles. The quantitative estimate of drug-likeness (QED) is 0.814. The first kappa shape index (κ1) is 20.2. The largest absolute Gasteiger partial charge is 0.354 e. The highest BCUT2D eigenvalue weighted by atomic mass is 35.5. The average Bonchev–Trinajstić information content (AvgIpc) is 3.14. The zero-order valence-corrected chi connectivity index (χ0v) is 16.1. The molecule has 2 saturated heterocycles. The number of hydrogen-bond donors (Lipinski definition) is 2. The Bertz CT molecular complexity index is 528. The molecule has 3 rings (SSSR count). The van der Waals surface area contributed by atoms with Gasteiger partial charge in [0.15, 0.2) is 0 Å². The van der Waals surface area contributed by atoms with Gasteiger partial charge in [-0.25, -0.2) is 0 Å². The maximum absolute atomic E-state index is 12.1. The normalized spacial score (nSPS) is 23.9. The number of amides is 1. The van der Waals surface area contributed by atoms with Crippen molar-refractivity contribution in [3.05, 3.63) is 35.4 Å². The molecule has 0 spiro atoms. The third-order valence-corrected chi connectivity index (χ3v) is 5.38. The molecule has 2 aliphatic rings. The van der Waals surface area contributed by atoms with Crippen molar-refractivity contribution >= 4 is 18.3 Å². The average molecular weight is 366 g/mol. The van der Waals surface area contributed by atoms with Gasteiger partial charge in [0.2, 0.25) is 5.91 Å². The Labute approximate surface area is 158 Å². The lowest BCUT2D eigenvalue weighted by Crippen LogP contribution is -2.45. The maximum Gasteiger partial charge on any atom is 0.237 e. The van der Waals surface area contributed by atoms with Crippen LogP contribution >= 0.6 is 12.4 Å². The second-order valence-corrected chi connectivity index (χ2v) is 7.44.